The van der Waals surface area contributed by atoms with Gasteiger partial charge in [-0.1, -0.05) is 31.4 Å². The molecule has 1 aliphatic carbocycles. The van der Waals surface area contributed by atoms with Gasteiger partial charge < -0.3 is 0 Å². The van der Waals surface area contributed by atoms with Crippen molar-refractivity contribution in [1.82, 2.24) is 0 Å². The third kappa shape index (κ3) is 2.04. The molecule has 0 aromatic carbocycles. The highest BCUT2D eigenvalue weighted by atomic mass is 14.7. The first-order valence-electron chi connectivity index (χ1n) is 3.48. The Balaban J connectivity index is 2.90. The van der Waals surface area contributed by atoms with Gasteiger partial charge in [-0.3, -0.25) is 4.99 Å². The molecule has 11 heavy (non-hydrogen) atoms. The maximum Gasteiger partial charge on any atom is 0.0698 e. The van der Waals surface area contributed by atoms with Gasteiger partial charge in [0.15, 0.2) is 0 Å². The molecule has 0 atom stereocenters. The molecule has 1 heteroatoms. The van der Waals surface area contributed by atoms with Gasteiger partial charge in [-0.25, -0.2) is 0 Å². The molecule has 0 aromatic rings. The summed E-state index contributed by atoms with van der Waals surface area (Å²) in [7, 11) is 0. The number of hydrogen-bond acceptors (Lipinski definition) is 1. The summed E-state index contributed by atoms with van der Waals surface area (Å²) in [6.45, 7) is 9.40. The second kappa shape index (κ2) is 3.15. The monoisotopic (exact) mass is 145 g/mol. The van der Waals surface area contributed by atoms with E-state index in [-0.39, 0.29) is 0 Å². The van der Waals surface area contributed by atoms with Crippen LogP contribution in [0.15, 0.2) is 53.7 Å². The van der Waals surface area contributed by atoms with Crippen molar-refractivity contribution in [3.05, 3.63) is 48.7 Å². The Bertz CT molecular complexity index is 277. The molecular weight excluding hydrogens is 134 g/mol. The minimum absolute atomic E-state index is 0.807. The maximum atomic E-state index is 4.20. The highest BCUT2D eigenvalue weighted by molar-refractivity contribution is 6.11. The van der Waals surface area contributed by atoms with E-state index in [0.717, 1.165) is 17.0 Å². The Hall–Kier alpha value is -1.37. The van der Waals surface area contributed by atoms with Crippen LogP contribution in [0.5, 0.6) is 0 Å². The molecule has 0 amide bonds. The zero-order valence-corrected chi connectivity index (χ0v) is 6.67. The average molecular weight is 145 g/mol. The molecule has 0 aliphatic heterocycles. The van der Waals surface area contributed by atoms with E-state index in [0.29, 0.717) is 0 Å². The summed E-state index contributed by atoms with van der Waals surface area (Å²) in [4.78, 5) is 4.20. The summed E-state index contributed by atoms with van der Waals surface area (Å²) in [5.41, 5.74) is 2.65. The molecule has 0 spiro atoms. The largest absolute Gasteiger partial charge is 0.254 e. The van der Waals surface area contributed by atoms with Crippen LogP contribution in [0.4, 0.5) is 0 Å². The van der Waals surface area contributed by atoms with E-state index in [9.17, 15) is 0 Å². The SMILES string of the molecule is C=C(C)N=C1C=CC=CC1=C. The Kier molecular flexibility index (Phi) is 2.21. The molecule has 1 rings (SSSR count). The highest BCUT2D eigenvalue weighted by Crippen LogP contribution is 2.07. The van der Waals surface area contributed by atoms with E-state index in [1.54, 1.807) is 0 Å². The van der Waals surface area contributed by atoms with Crippen LogP contribution in [0, 0.1) is 0 Å². The van der Waals surface area contributed by atoms with Gasteiger partial charge in [-0.2, -0.15) is 0 Å². The van der Waals surface area contributed by atoms with E-state index in [1.807, 2.05) is 31.2 Å². The molecule has 1 aliphatic rings. The fourth-order valence-electron chi connectivity index (χ4n) is 0.826. The first-order chi connectivity index (χ1) is 5.20. The van der Waals surface area contributed by atoms with Crippen LogP contribution in [-0.2, 0) is 0 Å². The summed E-state index contributed by atoms with van der Waals surface area (Å²) in [6, 6.07) is 0. The van der Waals surface area contributed by atoms with Crippen LogP contribution in [-0.4, -0.2) is 5.71 Å². The third-order valence-corrected chi connectivity index (χ3v) is 1.30. The molecule has 0 fully saturated rings. The van der Waals surface area contributed by atoms with E-state index >= 15 is 0 Å². The van der Waals surface area contributed by atoms with Crippen molar-refractivity contribution in [2.75, 3.05) is 0 Å². The summed E-state index contributed by atoms with van der Waals surface area (Å²) >= 11 is 0. The van der Waals surface area contributed by atoms with E-state index in [2.05, 4.69) is 18.2 Å². The van der Waals surface area contributed by atoms with Gasteiger partial charge in [0.25, 0.3) is 0 Å². The van der Waals surface area contributed by atoms with Crippen molar-refractivity contribution in [2.24, 2.45) is 4.99 Å². The van der Waals surface area contributed by atoms with Crippen molar-refractivity contribution < 1.29 is 0 Å². The van der Waals surface area contributed by atoms with Crippen molar-refractivity contribution in [1.29, 1.82) is 0 Å². The topological polar surface area (TPSA) is 12.4 Å². The van der Waals surface area contributed by atoms with Gasteiger partial charge in [0.1, 0.15) is 0 Å². The number of aliphatic imine (C=N–C) groups is 1. The lowest BCUT2D eigenvalue weighted by Crippen LogP contribution is -1.98. The highest BCUT2D eigenvalue weighted by Gasteiger charge is 1.99. The van der Waals surface area contributed by atoms with Gasteiger partial charge >= 0.3 is 0 Å². The quantitative estimate of drug-likeness (QED) is 0.538. The zero-order chi connectivity index (χ0) is 8.27. The lowest BCUT2D eigenvalue weighted by atomic mass is 10.1. The van der Waals surface area contributed by atoms with Gasteiger partial charge in [-0.15, -0.1) is 0 Å². The second-order valence-electron chi connectivity index (χ2n) is 2.48. The van der Waals surface area contributed by atoms with Crippen molar-refractivity contribution in [3.63, 3.8) is 0 Å². The molecule has 0 saturated heterocycles. The fourth-order valence-corrected chi connectivity index (χ4v) is 0.826. The van der Waals surface area contributed by atoms with E-state index < -0.39 is 0 Å². The Morgan fingerprint density at radius 3 is 2.55 bits per heavy atom. The molecule has 0 bridgehead atoms. The third-order valence-electron chi connectivity index (χ3n) is 1.30. The molecular formula is C10H11N. The molecule has 56 valence electrons. The Labute approximate surface area is 67.2 Å². The van der Waals surface area contributed by atoms with Gasteiger partial charge in [-0.05, 0) is 18.6 Å². The molecule has 1 nitrogen and oxygen atoms in total. The first kappa shape index (κ1) is 7.73. The van der Waals surface area contributed by atoms with Crippen molar-refractivity contribution >= 4 is 5.71 Å². The van der Waals surface area contributed by atoms with Crippen molar-refractivity contribution in [3.8, 4) is 0 Å². The summed E-state index contributed by atoms with van der Waals surface area (Å²) in [5, 5.41) is 0. The molecule has 0 radical (unpaired) electrons. The van der Waals surface area contributed by atoms with Crippen LogP contribution in [0.2, 0.25) is 0 Å². The summed E-state index contributed by atoms with van der Waals surface area (Å²) in [6.07, 6.45) is 7.75. The lowest BCUT2D eigenvalue weighted by molar-refractivity contribution is 1.32. The number of nitrogens with zero attached hydrogens (tertiary/aromatic N) is 1. The zero-order valence-electron chi connectivity index (χ0n) is 6.67. The summed E-state index contributed by atoms with van der Waals surface area (Å²) in [5.74, 6) is 0. The lowest BCUT2D eigenvalue weighted by Gasteiger charge is -2.03. The van der Waals surface area contributed by atoms with Crippen LogP contribution < -0.4 is 0 Å². The van der Waals surface area contributed by atoms with Gasteiger partial charge in [0.05, 0.1) is 5.71 Å². The molecule has 0 aromatic heterocycles. The fraction of sp³-hybridized carbons (Fsp3) is 0.100. The van der Waals surface area contributed by atoms with Crippen molar-refractivity contribution in [2.45, 2.75) is 6.92 Å². The van der Waals surface area contributed by atoms with E-state index in [4.69, 9.17) is 0 Å². The van der Waals surface area contributed by atoms with Gasteiger partial charge in [0, 0.05) is 5.70 Å². The molecule has 0 unspecified atom stereocenters. The number of rotatable bonds is 1. The normalized spacial score (nSPS) is 19.4. The van der Waals surface area contributed by atoms with Gasteiger partial charge in [0.2, 0.25) is 0 Å². The minimum atomic E-state index is 0.807. The van der Waals surface area contributed by atoms with Crippen LogP contribution in [0.3, 0.4) is 0 Å². The predicted octanol–water partition coefficient (Wildman–Crippen LogP) is 2.64. The van der Waals surface area contributed by atoms with Crippen LogP contribution >= 0.6 is 0 Å². The summed E-state index contributed by atoms with van der Waals surface area (Å²) < 4.78 is 0. The standard InChI is InChI=1S/C10H11N/c1-8(2)11-10-7-5-4-6-9(10)3/h4-7H,1,3H2,2H3. The van der Waals surface area contributed by atoms with E-state index in [1.165, 1.54) is 0 Å². The average Bonchev–Trinajstić information content (AvgIpc) is 1.93. The number of allylic oxidation sites excluding steroid dienone is 6. The Morgan fingerprint density at radius 2 is 2.00 bits per heavy atom. The molecule has 0 heterocycles. The minimum Gasteiger partial charge on any atom is -0.254 e. The first-order valence-corrected chi connectivity index (χ1v) is 3.48. The second-order valence-corrected chi connectivity index (χ2v) is 2.48. The maximum absolute atomic E-state index is 4.20. The smallest absolute Gasteiger partial charge is 0.0698 e. The predicted molar refractivity (Wildman–Crippen MR) is 49.7 cm³/mol. The Morgan fingerprint density at radius 1 is 1.36 bits per heavy atom. The molecule has 0 saturated carbocycles. The molecule has 0 N–H and O–H groups in total. The number of hydrogen-bond donors (Lipinski definition) is 0. The van der Waals surface area contributed by atoms with Crippen LogP contribution in [0.25, 0.3) is 0 Å². The van der Waals surface area contributed by atoms with Crippen LogP contribution in [0.1, 0.15) is 6.92 Å².